The Morgan fingerprint density at radius 2 is 2.00 bits per heavy atom. The molecule has 3 atom stereocenters. The molecule has 0 amide bonds. The zero-order chi connectivity index (χ0) is 20.5. The number of ether oxygens (including phenoxy) is 1. The predicted molar refractivity (Wildman–Crippen MR) is 111 cm³/mol. The van der Waals surface area contributed by atoms with Crippen molar-refractivity contribution in [3.8, 4) is 0 Å². The van der Waals surface area contributed by atoms with Crippen molar-refractivity contribution in [3.05, 3.63) is 81.4 Å². The molecule has 29 heavy (non-hydrogen) atoms. The van der Waals surface area contributed by atoms with Gasteiger partial charge in [0.05, 0.1) is 23.1 Å². The number of nitrogens with zero attached hydrogens (tertiary/aromatic N) is 1. The van der Waals surface area contributed by atoms with Gasteiger partial charge in [0.1, 0.15) is 0 Å². The van der Waals surface area contributed by atoms with Gasteiger partial charge < -0.3 is 10.1 Å². The molecule has 0 fully saturated rings. The quantitative estimate of drug-likeness (QED) is 0.326. The molecule has 6 heteroatoms. The van der Waals surface area contributed by atoms with Gasteiger partial charge in [-0.2, -0.15) is 0 Å². The van der Waals surface area contributed by atoms with Crippen LogP contribution in [0.4, 0.5) is 11.4 Å². The third-order valence-corrected chi connectivity index (χ3v) is 5.61. The third-order valence-electron chi connectivity index (χ3n) is 5.61. The predicted octanol–water partition coefficient (Wildman–Crippen LogP) is 5.23. The third kappa shape index (κ3) is 3.75. The van der Waals surface area contributed by atoms with Crippen LogP contribution in [0.2, 0.25) is 0 Å². The number of non-ortho nitro benzene ring substituents is 1. The van der Waals surface area contributed by atoms with Crippen molar-refractivity contribution in [3.63, 3.8) is 0 Å². The summed E-state index contributed by atoms with van der Waals surface area (Å²) in [5.74, 6) is 0.496. The second-order valence-corrected chi connectivity index (χ2v) is 8.12. The average Bonchev–Trinajstić information content (AvgIpc) is 3.21. The minimum atomic E-state index is -0.382. The summed E-state index contributed by atoms with van der Waals surface area (Å²) in [6.07, 6.45) is 5.29. The van der Waals surface area contributed by atoms with Gasteiger partial charge in [-0.3, -0.25) is 10.1 Å². The molecule has 0 bridgehead atoms. The van der Waals surface area contributed by atoms with Crippen LogP contribution in [0, 0.1) is 22.0 Å². The van der Waals surface area contributed by atoms with E-state index in [0.717, 1.165) is 23.2 Å². The summed E-state index contributed by atoms with van der Waals surface area (Å²) < 4.78 is 5.38. The topological polar surface area (TPSA) is 81.5 Å². The number of benzene rings is 2. The number of carbonyl (C=O) groups excluding carboxylic acids is 1. The number of allylic oxidation sites excluding steroid dienone is 2. The van der Waals surface area contributed by atoms with Crippen LogP contribution in [-0.2, 0) is 4.74 Å². The lowest BCUT2D eigenvalue weighted by Gasteiger charge is -2.37. The summed E-state index contributed by atoms with van der Waals surface area (Å²) in [4.78, 5) is 22.9. The lowest BCUT2D eigenvalue weighted by molar-refractivity contribution is -0.384. The first kappa shape index (κ1) is 19.2. The standard InChI is InChI=1S/C23H24N2O4/c1-14(2)13-29-23(26)16-8-11-21-20(12-16)18-4-3-5-19(18)22(24-21)15-6-9-17(10-7-15)25(27)28/h3-4,6-12,14,18-19,22,24H,5,13H2,1-2H3/t18-,19+,22-/m0/s1. The first-order valence-corrected chi connectivity index (χ1v) is 9.92. The maximum absolute atomic E-state index is 12.4. The summed E-state index contributed by atoms with van der Waals surface area (Å²) >= 11 is 0. The number of hydrogen-bond acceptors (Lipinski definition) is 5. The molecule has 0 radical (unpaired) electrons. The fraction of sp³-hybridized carbons (Fsp3) is 0.348. The molecule has 2 aromatic carbocycles. The van der Waals surface area contributed by atoms with E-state index in [0.29, 0.717) is 24.0 Å². The fourth-order valence-corrected chi connectivity index (χ4v) is 4.18. The number of fused-ring (bicyclic) bond motifs is 3. The number of hydrogen-bond donors (Lipinski definition) is 1. The smallest absolute Gasteiger partial charge is 0.338 e. The molecule has 0 saturated carbocycles. The molecule has 1 aliphatic carbocycles. The Morgan fingerprint density at radius 1 is 1.24 bits per heavy atom. The summed E-state index contributed by atoms with van der Waals surface area (Å²) in [6, 6.07) is 12.5. The summed E-state index contributed by atoms with van der Waals surface area (Å²) in [7, 11) is 0. The highest BCUT2D eigenvalue weighted by Crippen LogP contribution is 2.50. The maximum atomic E-state index is 12.4. The molecule has 0 spiro atoms. The Morgan fingerprint density at radius 3 is 2.69 bits per heavy atom. The first-order chi connectivity index (χ1) is 13.9. The minimum absolute atomic E-state index is 0.0575. The van der Waals surface area contributed by atoms with E-state index in [4.69, 9.17) is 4.74 Å². The summed E-state index contributed by atoms with van der Waals surface area (Å²) in [5, 5.41) is 14.5. The molecule has 2 aromatic rings. The highest BCUT2D eigenvalue weighted by atomic mass is 16.6. The van der Waals surface area contributed by atoms with Gasteiger partial charge in [-0.25, -0.2) is 4.79 Å². The lowest BCUT2D eigenvalue weighted by atomic mass is 9.76. The van der Waals surface area contributed by atoms with Gasteiger partial charge in [-0.05, 0) is 47.6 Å². The van der Waals surface area contributed by atoms with E-state index in [1.165, 1.54) is 0 Å². The zero-order valence-electron chi connectivity index (χ0n) is 16.5. The first-order valence-electron chi connectivity index (χ1n) is 9.92. The van der Waals surface area contributed by atoms with E-state index in [9.17, 15) is 14.9 Å². The molecule has 6 nitrogen and oxygen atoms in total. The molecule has 0 unspecified atom stereocenters. The normalized spacial score (nSPS) is 22.0. The van der Waals surface area contributed by atoms with Crippen molar-refractivity contribution >= 4 is 17.3 Å². The van der Waals surface area contributed by atoms with Crippen molar-refractivity contribution < 1.29 is 14.5 Å². The largest absolute Gasteiger partial charge is 0.462 e. The van der Waals surface area contributed by atoms with E-state index in [2.05, 4.69) is 17.5 Å². The fourth-order valence-electron chi connectivity index (χ4n) is 4.18. The highest BCUT2D eigenvalue weighted by Gasteiger charge is 2.38. The molecule has 1 aliphatic heterocycles. The summed E-state index contributed by atoms with van der Waals surface area (Å²) in [6.45, 7) is 4.43. The van der Waals surface area contributed by atoms with Crippen molar-refractivity contribution in [1.29, 1.82) is 0 Å². The van der Waals surface area contributed by atoms with Crippen LogP contribution < -0.4 is 5.32 Å². The Labute approximate surface area is 169 Å². The molecular formula is C23H24N2O4. The van der Waals surface area contributed by atoms with Gasteiger partial charge in [0.15, 0.2) is 0 Å². The lowest BCUT2D eigenvalue weighted by Crippen LogP contribution is -2.29. The van der Waals surface area contributed by atoms with Crippen molar-refractivity contribution in [2.75, 3.05) is 11.9 Å². The molecule has 2 aliphatic rings. The minimum Gasteiger partial charge on any atom is -0.462 e. The van der Waals surface area contributed by atoms with Crippen molar-refractivity contribution in [2.24, 2.45) is 11.8 Å². The number of anilines is 1. The van der Waals surface area contributed by atoms with Gasteiger partial charge in [-0.15, -0.1) is 0 Å². The van der Waals surface area contributed by atoms with E-state index >= 15 is 0 Å². The second-order valence-electron chi connectivity index (χ2n) is 8.12. The molecular weight excluding hydrogens is 368 g/mol. The number of rotatable bonds is 5. The van der Waals surface area contributed by atoms with Crippen LogP contribution in [0.3, 0.4) is 0 Å². The molecule has 0 saturated heterocycles. The number of nitro groups is 1. The highest BCUT2D eigenvalue weighted by molar-refractivity contribution is 5.90. The Bertz CT molecular complexity index is 965. The van der Waals surface area contributed by atoms with Crippen molar-refractivity contribution in [1.82, 2.24) is 0 Å². The maximum Gasteiger partial charge on any atom is 0.338 e. The van der Waals surface area contributed by atoms with Crippen LogP contribution in [0.5, 0.6) is 0 Å². The van der Waals surface area contributed by atoms with Crippen LogP contribution >= 0.6 is 0 Å². The van der Waals surface area contributed by atoms with Gasteiger partial charge in [-0.1, -0.05) is 38.1 Å². The average molecular weight is 392 g/mol. The van der Waals surface area contributed by atoms with Crippen LogP contribution in [0.1, 0.15) is 53.7 Å². The Balaban J connectivity index is 1.62. The van der Waals surface area contributed by atoms with E-state index in [1.807, 2.05) is 38.1 Å². The molecule has 150 valence electrons. The molecule has 1 heterocycles. The van der Waals surface area contributed by atoms with Crippen LogP contribution in [0.25, 0.3) is 0 Å². The summed E-state index contributed by atoms with van der Waals surface area (Å²) in [5.41, 5.74) is 3.78. The number of nitrogens with one attached hydrogen (secondary N) is 1. The number of nitro benzene ring substituents is 1. The monoisotopic (exact) mass is 392 g/mol. The van der Waals surface area contributed by atoms with Crippen LogP contribution in [-0.4, -0.2) is 17.5 Å². The zero-order valence-corrected chi connectivity index (χ0v) is 16.5. The molecule has 4 rings (SSSR count). The SMILES string of the molecule is CC(C)COC(=O)c1ccc2c(c1)[C@H]1C=CC[C@H]1[C@H](c1ccc([N+](=O)[O-])cc1)N2. The van der Waals surface area contributed by atoms with Gasteiger partial charge in [0.2, 0.25) is 0 Å². The molecule has 0 aromatic heterocycles. The van der Waals surface area contributed by atoms with E-state index < -0.39 is 0 Å². The number of esters is 1. The van der Waals surface area contributed by atoms with Crippen molar-refractivity contribution in [2.45, 2.75) is 32.2 Å². The Hall–Kier alpha value is -3.15. The van der Waals surface area contributed by atoms with E-state index in [-0.39, 0.29) is 28.5 Å². The second kappa shape index (κ2) is 7.70. The van der Waals surface area contributed by atoms with E-state index in [1.54, 1.807) is 18.2 Å². The van der Waals surface area contributed by atoms with Gasteiger partial charge in [0.25, 0.3) is 5.69 Å². The Kier molecular flexibility index (Phi) is 5.09. The van der Waals surface area contributed by atoms with Gasteiger partial charge >= 0.3 is 5.97 Å². The molecule has 1 N–H and O–H groups in total. The number of carbonyl (C=O) groups is 1. The van der Waals surface area contributed by atoms with Gasteiger partial charge in [0, 0.05) is 23.7 Å². The van der Waals surface area contributed by atoms with Crippen LogP contribution in [0.15, 0.2) is 54.6 Å².